The maximum Gasteiger partial charge on any atom is 0.0534 e. The molecule has 0 bridgehead atoms. The van der Waals surface area contributed by atoms with Crippen LogP contribution in [0.2, 0.25) is 0 Å². The number of nitrogens with zero attached hydrogens (tertiary/aromatic N) is 2. The van der Waals surface area contributed by atoms with Crippen LogP contribution in [0.4, 0.5) is 0 Å². The van der Waals surface area contributed by atoms with Gasteiger partial charge >= 0.3 is 0 Å². The number of fused-ring (bicyclic) bond motifs is 1. The first kappa shape index (κ1) is 13.4. The molecule has 3 nitrogen and oxygen atoms in total. The van der Waals surface area contributed by atoms with Gasteiger partial charge in [-0.3, -0.25) is 4.68 Å². The number of nitrogens with one attached hydrogen (secondary N) is 1. The van der Waals surface area contributed by atoms with Crippen molar-refractivity contribution in [1.82, 2.24) is 15.1 Å². The summed E-state index contributed by atoms with van der Waals surface area (Å²) >= 11 is 0. The van der Waals surface area contributed by atoms with E-state index >= 15 is 0 Å². The Kier molecular flexibility index (Phi) is 3.88. The molecule has 3 heteroatoms. The monoisotopic (exact) mass is 269 g/mol. The second-order valence-corrected chi connectivity index (χ2v) is 5.86. The first-order valence-corrected chi connectivity index (χ1v) is 7.55. The van der Waals surface area contributed by atoms with Crippen molar-refractivity contribution in [3.63, 3.8) is 0 Å². The fourth-order valence-corrected chi connectivity index (χ4v) is 2.97. The third-order valence-electron chi connectivity index (χ3n) is 4.24. The molecule has 1 aromatic heterocycles. The largest absolute Gasteiger partial charge is 0.306 e. The molecule has 0 aliphatic heterocycles. The SMILES string of the molecule is CC(NCc1cnn(C)c1)c1ccc2c(c1)CCCC2. The Hall–Kier alpha value is -1.61. The van der Waals surface area contributed by atoms with Crippen LogP contribution in [0.5, 0.6) is 0 Å². The van der Waals surface area contributed by atoms with Crippen LogP contribution in [-0.4, -0.2) is 9.78 Å². The summed E-state index contributed by atoms with van der Waals surface area (Å²) in [6.07, 6.45) is 9.18. The van der Waals surface area contributed by atoms with E-state index in [2.05, 4.69) is 41.7 Å². The highest BCUT2D eigenvalue weighted by Gasteiger charge is 2.12. The zero-order valence-corrected chi connectivity index (χ0v) is 12.4. The minimum Gasteiger partial charge on any atom is -0.306 e. The summed E-state index contributed by atoms with van der Waals surface area (Å²) in [4.78, 5) is 0. The van der Waals surface area contributed by atoms with Crippen LogP contribution in [0.25, 0.3) is 0 Å². The van der Waals surface area contributed by atoms with Gasteiger partial charge in [0.25, 0.3) is 0 Å². The molecule has 1 N–H and O–H groups in total. The van der Waals surface area contributed by atoms with Crippen LogP contribution in [0, 0.1) is 0 Å². The highest BCUT2D eigenvalue weighted by molar-refractivity contribution is 5.35. The lowest BCUT2D eigenvalue weighted by Gasteiger charge is -2.20. The summed E-state index contributed by atoms with van der Waals surface area (Å²) in [5, 5.41) is 7.78. The maximum absolute atomic E-state index is 4.20. The van der Waals surface area contributed by atoms with E-state index < -0.39 is 0 Å². The van der Waals surface area contributed by atoms with Gasteiger partial charge in [-0.05, 0) is 49.3 Å². The van der Waals surface area contributed by atoms with Gasteiger partial charge in [-0.15, -0.1) is 0 Å². The summed E-state index contributed by atoms with van der Waals surface area (Å²) in [6, 6.07) is 7.38. The van der Waals surface area contributed by atoms with Crippen molar-refractivity contribution < 1.29 is 0 Å². The summed E-state index contributed by atoms with van der Waals surface area (Å²) in [5.41, 5.74) is 5.75. The molecule has 0 fully saturated rings. The van der Waals surface area contributed by atoms with E-state index in [1.165, 1.54) is 36.8 Å². The molecule has 1 heterocycles. The average molecular weight is 269 g/mol. The van der Waals surface area contributed by atoms with Crippen molar-refractivity contribution in [1.29, 1.82) is 0 Å². The summed E-state index contributed by atoms with van der Waals surface area (Å²) in [7, 11) is 1.95. The molecule has 0 amide bonds. The molecule has 0 spiro atoms. The maximum atomic E-state index is 4.20. The molecule has 0 saturated carbocycles. The topological polar surface area (TPSA) is 29.9 Å². The van der Waals surface area contributed by atoms with Crippen molar-refractivity contribution in [3.05, 3.63) is 52.8 Å². The lowest BCUT2D eigenvalue weighted by Crippen LogP contribution is -2.18. The summed E-state index contributed by atoms with van der Waals surface area (Å²) in [6.45, 7) is 3.10. The fourth-order valence-electron chi connectivity index (χ4n) is 2.97. The molecular formula is C17H23N3. The number of rotatable bonds is 4. The van der Waals surface area contributed by atoms with Crippen LogP contribution in [0.1, 0.15) is 48.1 Å². The molecule has 1 aromatic carbocycles. The van der Waals surface area contributed by atoms with Crippen LogP contribution in [0.3, 0.4) is 0 Å². The van der Waals surface area contributed by atoms with Crippen LogP contribution >= 0.6 is 0 Å². The van der Waals surface area contributed by atoms with E-state index in [0.717, 1.165) is 6.54 Å². The Labute approximate surface area is 121 Å². The summed E-state index contributed by atoms with van der Waals surface area (Å²) < 4.78 is 1.85. The van der Waals surface area contributed by atoms with Gasteiger partial charge in [-0.25, -0.2) is 0 Å². The summed E-state index contributed by atoms with van der Waals surface area (Å²) in [5.74, 6) is 0. The van der Waals surface area contributed by atoms with Crippen molar-refractivity contribution in [3.8, 4) is 0 Å². The van der Waals surface area contributed by atoms with Crippen molar-refractivity contribution in [2.75, 3.05) is 0 Å². The predicted octanol–water partition coefficient (Wildman–Crippen LogP) is 3.15. The molecule has 106 valence electrons. The van der Waals surface area contributed by atoms with Gasteiger partial charge in [0.05, 0.1) is 6.20 Å². The number of hydrogen-bond acceptors (Lipinski definition) is 2. The van der Waals surface area contributed by atoms with Crippen LogP contribution in [-0.2, 0) is 26.4 Å². The Morgan fingerprint density at radius 2 is 2.05 bits per heavy atom. The molecule has 1 atom stereocenters. The highest BCUT2D eigenvalue weighted by Crippen LogP contribution is 2.24. The van der Waals surface area contributed by atoms with Gasteiger partial charge in [-0.1, -0.05) is 18.2 Å². The zero-order valence-electron chi connectivity index (χ0n) is 12.4. The van der Waals surface area contributed by atoms with E-state index in [4.69, 9.17) is 0 Å². The number of aryl methyl sites for hydroxylation is 3. The van der Waals surface area contributed by atoms with Crippen LogP contribution in [0.15, 0.2) is 30.6 Å². The van der Waals surface area contributed by atoms with Crippen molar-refractivity contribution in [2.45, 2.75) is 45.2 Å². The normalized spacial score (nSPS) is 15.9. The van der Waals surface area contributed by atoms with Gasteiger partial charge in [0, 0.05) is 31.4 Å². The van der Waals surface area contributed by atoms with Gasteiger partial charge in [0.15, 0.2) is 0 Å². The molecule has 0 saturated heterocycles. The number of aromatic nitrogens is 2. The third-order valence-corrected chi connectivity index (χ3v) is 4.24. The van der Waals surface area contributed by atoms with E-state index in [0.29, 0.717) is 6.04 Å². The highest BCUT2D eigenvalue weighted by atomic mass is 15.2. The molecule has 20 heavy (non-hydrogen) atoms. The second kappa shape index (κ2) is 5.80. The second-order valence-electron chi connectivity index (χ2n) is 5.86. The molecule has 1 unspecified atom stereocenters. The quantitative estimate of drug-likeness (QED) is 0.924. The predicted molar refractivity (Wildman–Crippen MR) is 81.5 cm³/mol. The number of benzene rings is 1. The Morgan fingerprint density at radius 3 is 2.80 bits per heavy atom. The molecule has 2 aromatic rings. The molecular weight excluding hydrogens is 246 g/mol. The van der Waals surface area contributed by atoms with E-state index in [-0.39, 0.29) is 0 Å². The lowest BCUT2D eigenvalue weighted by molar-refractivity contribution is 0.572. The van der Waals surface area contributed by atoms with Crippen molar-refractivity contribution >= 4 is 0 Å². The van der Waals surface area contributed by atoms with Crippen molar-refractivity contribution in [2.24, 2.45) is 7.05 Å². The molecule has 1 aliphatic rings. The lowest BCUT2D eigenvalue weighted by atomic mass is 9.89. The van der Waals surface area contributed by atoms with Crippen LogP contribution < -0.4 is 5.32 Å². The smallest absolute Gasteiger partial charge is 0.0534 e. The Bertz CT molecular complexity index is 586. The average Bonchev–Trinajstić information content (AvgIpc) is 2.90. The number of hydrogen-bond donors (Lipinski definition) is 1. The minimum atomic E-state index is 0.377. The third kappa shape index (κ3) is 2.93. The molecule has 1 aliphatic carbocycles. The standard InChI is InChI=1S/C17H23N3/c1-13(18-10-14-11-19-20(2)12-14)16-8-7-15-5-3-4-6-17(15)9-16/h7-9,11-13,18H,3-6,10H2,1-2H3. The first-order chi connectivity index (χ1) is 9.72. The Balaban J connectivity index is 1.66. The van der Waals surface area contributed by atoms with E-state index in [1.807, 2.05) is 17.9 Å². The fraction of sp³-hybridized carbons (Fsp3) is 0.471. The van der Waals surface area contributed by atoms with Gasteiger partial charge in [0.2, 0.25) is 0 Å². The van der Waals surface area contributed by atoms with E-state index in [9.17, 15) is 0 Å². The minimum absolute atomic E-state index is 0.377. The van der Waals surface area contributed by atoms with E-state index in [1.54, 1.807) is 11.1 Å². The van der Waals surface area contributed by atoms with Gasteiger partial charge < -0.3 is 5.32 Å². The Morgan fingerprint density at radius 1 is 1.25 bits per heavy atom. The molecule has 3 rings (SSSR count). The molecule has 0 radical (unpaired) electrons. The van der Waals surface area contributed by atoms with Gasteiger partial charge in [-0.2, -0.15) is 5.10 Å². The first-order valence-electron chi connectivity index (χ1n) is 7.55. The zero-order chi connectivity index (χ0) is 13.9. The van der Waals surface area contributed by atoms with Gasteiger partial charge in [0.1, 0.15) is 0 Å².